The number of benzene rings is 3. The lowest BCUT2D eigenvalue weighted by Gasteiger charge is -2.42. The molecule has 296 valence electrons. The number of nitrogens with zero attached hydrogens (tertiary/aromatic N) is 7. The quantitative estimate of drug-likeness (QED) is 0.175. The van der Waals surface area contributed by atoms with E-state index in [-0.39, 0.29) is 42.2 Å². The molecule has 2 saturated heterocycles. The van der Waals surface area contributed by atoms with Crippen LogP contribution in [0.3, 0.4) is 0 Å². The number of anilines is 4. The Kier molecular flexibility index (Phi) is 9.35. The smallest absolute Gasteiger partial charge is 0.262 e. The maximum atomic E-state index is 13.1. The first-order valence-corrected chi connectivity index (χ1v) is 19.4. The largest absolute Gasteiger partial charge is 0.484 e. The van der Waals surface area contributed by atoms with E-state index < -0.39 is 29.7 Å². The maximum Gasteiger partial charge on any atom is 0.262 e. The fourth-order valence-electron chi connectivity index (χ4n) is 8.33. The monoisotopic (exact) mass is 782 g/mol. The number of ether oxygens (including phenoxy) is 1. The van der Waals surface area contributed by atoms with Gasteiger partial charge in [-0.2, -0.15) is 10.1 Å². The van der Waals surface area contributed by atoms with E-state index in [4.69, 9.17) is 9.72 Å². The van der Waals surface area contributed by atoms with Crippen LogP contribution in [0.25, 0.3) is 11.0 Å². The SMILES string of the molecule is Cc1cccc(C)c1Nc1nn(C)c2nc(Nc3ccc4c(c3)CN(CC3CN(C(=O)COc5ccc6c(c5)C(=O)N(C5CCC(=O)NC5=O)C6=O)C3)CC4)ncc12. The molecule has 0 spiro atoms. The Labute approximate surface area is 333 Å². The van der Waals surface area contributed by atoms with Crippen LogP contribution in [0.4, 0.5) is 23.1 Å². The molecule has 4 aliphatic rings. The van der Waals surface area contributed by atoms with Crippen LogP contribution >= 0.6 is 0 Å². The van der Waals surface area contributed by atoms with Crippen molar-refractivity contribution in [3.05, 3.63) is 94.2 Å². The Balaban J connectivity index is 0.764. The first kappa shape index (κ1) is 36.9. The Morgan fingerprint density at radius 1 is 0.931 bits per heavy atom. The number of likely N-dealkylation sites (tertiary alicyclic amines) is 1. The topological polar surface area (TPSA) is 184 Å². The molecule has 6 heterocycles. The van der Waals surface area contributed by atoms with Gasteiger partial charge in [0.15, 0.2) is 18.1 Å². The minimum atomic E-state index is -1.05. The van der Waals surface area contributed by atoms with Crippen LogP contribution < -0.4 is 20.7 Å². The second kappa shape index (κ2) is 14.7. The molecule has 0 radical (unpaired) electrons. The molecule has 0 saturated carbocycles. The Bertz CT molecular complexity index is 2530. The van der Waals surface area contributed by atoms with Crippen LogP contribution in [0.1, 0.15) is 55.8 Å². The number of hydrogen-bond acceptors (Lipinski definition) is 12. The molecule has 58 heavy (non-hydrogen) atoms. The fraction of sp³-hybridized carbons (Fsp3) is 0.333. The molecule has 9 rings (SSSR count). The summed E-state index contributed by atoms with van der Waals surface area (Å²) in [5.74, 6) is -0.685. The van der Waals surface area contributed by atoms with Crippen molar-refractivity contribution >= 4 is 63.7 Å². The Morgan fingerprint density at radius 3 is 2.52 bits per heavy atom. The number of para-hydroxylation sites is 1. The van der Waals surface area contributed by atoms with E-state index in [0.29, 0.717) is 36.4 Å². The van der Waals surface area contributed by atoms with Gasteiger partial charge in [0.25, 0.3) is 17.7 Å². The minimum absolute atomic E-state index is 0.0416. The van der Waals surface area contributed by atoms with Crippen LogP contribution in [-0.2, 0) is 34.4 Å². The summed E-state index contributed by atoms with van der Waals surface area (Å²) in [5.41, 5.74) is 7.73. The number of imide groups is 2. The summed E-state index contributed by atoms with van der Waals surface area (Å²) >= 11 is 0. The van der Waals surface area contributed by atoms with Crippen molar-refractivity contribution in [2.45, 2.75) is 45.7 Å². The number of hydrogen-bond donors (Lipinski definition) is 3. The van der Waals surface area contributed by atoms with E-state index >= 15 is 0 Å². The van der Waals surface area contributed by atoms with E-state index in [9.17, 15) is 24.0 Å². The van der Waals surface area contributed by atoms with Gasteiger partial charge in [0.05, 0.1) is 16.5 Å². The predicted octanol–water partition coefficient (Wildman–Crippen LogP) is 3.76. The average Bonchev–Trinajstić information content (AvgIpc) is 3.63. The highest BCUT2D eigenvalue weighted by Crippen LogP contribution is 2.32. The van der Waals surface area contributed by atoms with E-state index in [1.54, 1.807) is 15.8 Å². The third-order valence-corrected chi connectivity index (χ3v) is 11.5. The normalized spacial score (nSPS) is 18.2. The average molecular weight is 783 g/mol. The Hall–Kier alpha value is -6.68. The number of amides is 5. The number of nitrogens with one attached hydrogen (secondary N) is 3. The highest BCUT2D eigenvalue weighted by molar-refractivity contribution is 6.23. The highest BCUT2D eigenvalue weighted by atomic mass is 16.5. The van der Waals surface area contributed by atoms with Gasteiger partial charge in [-0.3, -0.25) is 39.1 Å². The number of rotatable bonds is 10. The van der Waals surface area contributed by atoms with Gasteiger partial charge in [-0.15, -0.1) is 0 Å². The highest BCUT2D eigenvalue weighted by Gasteiger charge is 2.45. The van der Waals surface area contributed by atoms with Crippen molar-refractivity contribution in [3.8, 4) is 5.75 Å². The molecule has 4 aliphatic heterocycles. The van der Waals surface area contributed by atoms with Crippen molar-refractivity contribution in [2.24, 2.45) is 13.0 Å². The van der Waals surface area contributed by atoms with Crippen molar-refractivity contribution in [2.75, 3.05) is 43.4 Å². The first-order chi connectivity index (χ1) is 28.0. The van der Waals surface area contributed by atoms with Crippen molar-refractivity contribution in [3.63, 3.8) is 0 Å². The van der Waals surface area contributed by atoms with Crippen molar-refractivity contribution < 1.29 is 28.7 Å². The van der Waals surface area contributed by atoms with Crippen LogP contribution in [0.15, 0.2) is 60.8 Å². The number of carbonyl (C=O) groups excluding carboxylic acids is 5. The molecule has 0 aliphatic carbocycles. The van der Waals surface area contributed by atoms with Gasteiger partial charge in [0.2, 0.25) is 17.8 Å². The van der Waals surface area contributed by atoms with Crippen LogP contribution in [0.5, 0.6) is 5.75 Å². The maximum absolute atomic E-state index is 13.1. The van der Waals surface area contributed by atoms with Gasteiger partial charge in [-0.25, -0.2) is 9.67 Å². The molecule has 16 heteroatoms. The summed E-state index contributed by atoms with van der Waals surface area (Å²) in [4.78, 5) is 77.6. The second-order valence-electron chi connectivity index (χ2n) is 15.5. The lowest BCUT2D eigenvalue weighted by molar-refractivity contribution is -0.140. The van der Waals surface area contributed by atoms with Crippen LogP contribution in [0, 0.1) is 19.8 Å². The summed E-state index contributed by atoms with van der Waals surface area (Å²) in [6.07, 6.45) is 2.85. The lowest BCUT2D eigenvalue weighted by Crippen LogP contribution is -2.55. The molecule has 5 aromatic rings. The molecule has 2 aromatic heterocycles. The van der Waals surface area contributed by atoms with Gasteiger partial charge in [-0.05, 0) is 79.3 Å². The molecule has 1 atom stereocenters. The van der Waals surface area contributed by atoms with Gasteiger partial charge in [-0.1, -0.05) is 24.3 Å². The summed E-state index contributed by atoms with van der Waals surface area (Å²) in [6, 6.07) is 15.9. The van der Waals surface area contributed by atoms with E-state index in [2.05, 4.69) is 75.1 Å². The molecule has 0 bridgehead atoms. The predicted molar refractivity (Wildman–Crippen MR) is 213 cm³/mol. The van der Waals surface area contributed by atoms with Crippen molar-refractivity contribution in [1.29, 1.82) is 0 Å². The van der Waals surface area contributed by atoms with Crippen LogP contribution in [-0.4, -0.2) is 103 Å². The number of fused-ring (bicyclic) bond motifs is 3. The van der Waals surface area contributed by atoms with Gasteiger partial charge in [0.1, 0.15) is 11.8 Å². The zero-order valence-electron chi connectivity index (χ0n) is 32.4. The van der Waals surface area contributed by atoms with E-state index in [0.717, 1.165) is 58.8 Å². The molecule has 1 unspecified atom stereocenters. The summed E-state index contributed by atoms with van der Waals surface area (Å²) in [5, 5.41) is 14.6. The van der Waals surface area contributed by atoms with Gasteiger partial charge in [0, 0.05) is 69.7 Å². The molecule has 5 amide bonds. The molecule has 16 nitrogen and oxygen atoms in total. The number of carbonyl (C=O) groups is 5. The lowest BCUT2D eigenvalue weighted by atomic mass is 9.95. The molecule has 3 N–H and O–H groups in total. The summed E-state index contributed by atoms with van der Waals surface area (Å²) < 4.78 is 7.51. The zero-order valence-corrected chi connectivity index (χ0v) is 32.4. The molecular weight excluding hydrogens is 741 g/mol. The number of aryl methyl sites for hydroxylation is 3. The number of aromatic nitrogens is 4. The van der Waals surface area contributed by atoms with Crippen molar-refractivity contribution in [1.82, 2.24) is 39.8 Å². The third kappa shape index (κ3) is 6.89. The van der Waals surface area contributed by atoms with Gasteiger partial charge < -0.3 is 20.3 Å². The van der Waals surface area contributed by atoms with E-state index in [1.807, 2.05) is 13.1 Å². The molecular formula is C42H42N10O6. The standard InChI is InChI=1S/C42H42N10O6/c1-23-5-4-6-24(2)36(23)46-37-32-17-43-42(47-38(32)49(3)48-37)44-28-8-7-26-13-14-50(21-27(26)15-28)18-25-19-51(20-25)35(54)22-58-29-9-10-30-31(16-29)41(57)52(40(30)56)33-11-12-34(53)45-39(33)55/h4-10,15-17,25,33H,11-14,18-22H2,1-3H3,(H,46,48)(H,43,44,47)(H,45,53,55). The second-order valence-corrected chi connectivity index (χ2v) is 15.5. The first-order valence-electron chi connectivity index (χ1n) is 19.4. The molecule has 3 aromatic carbocycles. The molecule has 2 fully saturated rings. The number of piperidine rings is 1. The minimum Gasteiger partial charge on any atom is -0.484 e. The van der Waals surface area contributed by atoms with Gasteiger partial charge >= 0.3 is 0 Å². The van der Waals surface area contributed by atoms with E-state index in [1.165, 1.54) is 29.3 Å². The van der Waals surface area contributed by atoms with Crippen LogP contribution in [0.2, 0.25) is 0 Å². The summed E-state index contributed by atoms with van der Waals surface area (Å²) in [7, 11) is 1.87. The third-order valence-electron chi connectivity index (χ3n) is 11.5. The fourth-order valence-corrected chi connectivity index (χ4v) is 8.33. The zero-order chi connectivity index (χ0) is 40.2. The Morgan fingerprint density at radius 2 is 1.72 bits per heavy atom. The summed E-state index contributed by atoms with van der Waals surface area (Å²) in [6.45, 7) is 7.78.